The molecule has 1 aromatic heterocycles. The number of nitrogens with one attached hydrogen (secondary N) is 1. The summed E-state index contributed by atoms with van der Waals surface area (Å²) < 4.78 is 11.9. The number of hydrogen-bond acceptors (Lipinski definition) is 5. The van der Waals surface area contributed by atoms with Gasteiger partial charge >= 0.3 is 5.97 Å². The molecule has 7 nitrogen and oxygen atoms in total. The first kappa shape index (κ1) is 25.5. The van der Waals surface area contributed by atoms with Crippen LogP contribution < -0.4 is 5.32 Å². The Labute approximate surface area is 197 Å². The molecule has 2 N–H and O–H groups in total. The summed E-state index contributed by atoms with van der Waals surface area (Å²) in [5.74, 6) is -0.107. The predicted molar refractivity (Wildman–Crippen MR) is 126 cm³/mol. The van der Waals surface area contributed by atoms with Crippen molar-refractivity contribution in [3.63, 3.8) is 0 Å². The summed E-state index contributed by atoms with van der Waals surface area (Å²) in [6.45, 7) is 7.45. The zero-order chi connectivity index (χ0) is 23.8. The lowest BCUT2D eigenvalue weighted by molar-refractivity contribution is -0.136. The number of aromatic nitrogens is 1. The van der Waals surface area contributed by atoms with Crippen LogP contribution in [0.15, 0.2) is 22.8 Å². The molecule has 2 saturated heterocycles. The van der Waals surface area contributed by atoms with Crippen molar-refractivity contribution in [2.24, 2.45) is 11.3 Å². The van der Waals surface area contributed by atoms with Crippen molar-refractivity contribution in [1.29, 1.82) is 0 Å². The van der Waals surface area contributed by atoms with Crippen molar-refractivity contribution in [3.8, 4) is 0 Å². The molecule has 1 amide bonds. The number of nitrogens with zero attached hydrogens (tertiary/aromatic N) is 1. The molecule has 2 aliphatic rings. The van der Waals surface area contributed by atoms with E-state index in [0.717, 1.165) is 32.1 Å². The number of carbonyl (C=O) groups is 2. The Morgan fingerprint density at radius 1 is 1.15 bits per heavy atom. The molecule has 2 bridgehead atoms. The second kappa shape index (κ2) is 11.8. The number of carboxylic acid groups (broad SMARTS) is 1. The van der Waals surface area contributed by atoms with E-state index in [1.807, 2.05) is 12.2 Å². The fourth-order valence-corrected chi connectivity index (χ4v) is 4.97. The van der Waals surface area contributed by atoms with Crippen molar-refractivity contribution >= 4 is 11.9 Å². The summed E-state index contributed by atoms with van der Waals surface area (Å²) in [6.07, 6.45) is 14.9. The first-order chi connectivity index (χ1) is 15.7. The highest BCUT2D eigenvalue weighted by Gasteiger charge is 2.51. The van der Waals surface area contributed by atoms with Gasteiger partial charge in [-0.05, 0) is 43.9 Å². The summed E-state index contributed by atoms with van der Waals surface area (Å²) >= 11 is 0. The third-order valence-corrected chi connectivity index (χ3v) is 6.70. The molecule has 0 aliphatic carbocycles. The second-order valence-electron chi connectivity index (χ2n) is 10.7. The van der Waals surface area contributed by atoms with Crippen LogP contribution in [0.3, 0.4) is 0 Å². The van der Waals surface area contributed by atoms with E-state index in [2.05, 4.69) is 31.1 Å². The highest BCUT2D eigenvalue weighted by Crippen LogP contribution is 2.50. The van der Waals surface area contributed by atoms with Crippen molar-refractivity contribution in [3.05, 3.63) is 30.0 Å². The van der Waals surface area contributed by atoms with E-state index in [1.165, 1.54) is 25.5 Å². The average Bonchev–Trinajstić information content (AvgIpc) is 3.47. The second-order valence-corrected chi connectivity index (χ2v) is 10.7. The average molecular weight is 461 g/mol. The van der Waals surface area contributed by atoms with Gasteiger partial charge in [-0.2, -0.15) is 0 Å². The van der Waals surface area contributed by atoms with Gasteiger partial charge in [0, 0.05) is 18.9 Å². The number of amides is 1. The molecular weight excluding hydrogens is 420 g/mol. The van der Waals surface area contributed by atoms with Gasteiger partial charge in [-0.25, -0.2) is 4.98 Å². The molecular formula is C26H40N2O5. The maximum absolute atomic E-state index is 12.5. The number of oxazole rings is 1. The summed E-state index contributed by atoms with van der Waals surface area (Å²) in [7, 11) is 0. The number of fused-ring (bicyclic) bond motifs is 2. The van der Waals surface area contributed by atoms with Crippen molar-refractivity contribution in [2.45, 2.75) is 103 Å². The topological polar surface area (TPSA) is 102 Å². The molecule has 3 heterocycles. The Morgan fingerprint density at radius 2 is 1.91 bits per heavy atom. The standard InChI is InChI=1S/C26H40N2O5/c1-26(2,3)15-9-4-5-10-16-27-24(31)19-17-32-25(28-19)23-18(20-13-14-21(23)33-20)11-7-6-8-12-22(29)30/h6-7,17-18,20-21,23H,4-5,8-16H2,1-3H3,(H,27,31)(H,29,30)/t18-,20-,21+,23-/m0/s1. The van der Waals surface area contributed by atoms with Gasteiger partial charge in [-0.15, -0.1) is 0 Å². The first-order valence-electron chi connectivity index (χ1n) is 12.5. The number of rotatable bonds is 13. The maximum atomic E-state index is 12.5. The Hall–Kier alpha value is -2.15. The lowest BCUT2D eigenvalue weighted by Crippen LogP contribution is -2.26. The number of aliphatic carboxylic acids is 1. The van der Waals surface area contributed by atoms with Crippen LogP contribution in [0.1, 0.15) is 107 Å². The van der Waals surface area contributed by atoms with Crippen LogP contribution in [0, 0.1) is 11.3 Å². The van der Waals surface area contributed by atoms with Crippen LogP contribution in [0.2, 0.25) is 0 Å². The Kier molecular flexibility index (Phi) is 9.12. The van der Waals surface area contributed by atoms with Crippen LogP contribution in [0.25, 0.3) is 0 Å². The fraction of sp³-hybridized carbons (Fsp3) is 0.731. The Bertz CT molecular complexity index is 810. The number of carboxylic acids is 1. The van der Waals surface area contributed by atoms with E-state index in [1.54, 1.807) is 0 Å². The summed E-state index contributed by atoms with van der Waals surface area (Å²) in [5, 5.41) is 11.7. The third kappa shape index (κ3) is 7.70. The zero-order valence-electron chi connectivity index (χ0n) is 20.3. The molecule has 184 valence electrons. The van der Waals surface area contributed by atoms with E-state index >= 15 is 0 Å². The highest BCUT2D eigenvalue weighted by atomic mass is 16.5. The number of ether oxygens (including phenoxy) is 1. The van der Waals surface area contributed by atoms with Gasteiger partial charge in [-0.1, -0.05) is 52.2 Å². The minimum Gasteiger partial charge on any atom is -0.481 e. The molecule has 0 radical (unpaired) electrons. The van der Waals surface area contributed by atoms with Crippen LogP contribution in [0.5, 0.6) is 0 Å². The molecule has 0 aromatic carbocycles. The van der Waals surface area contributed by atoms with Gasteiger partial charge in [0.25, 0.3) is 5.91 Å². The molecule has 0 saturated carbocycles. The van der Waals surface area contributed by atoms with E-state index < -0.39 is 5.97 Å². The molecule has 7 heteroatoms. The van der Waals surface area contributed by atoms with Crippen molar-refractivity contribution in [1.82, 2.24) is 10.3 Å². The summed E-state index contributed by atoms with van der Waals surface area (Å²) in [5.41, 5.74) is 0.717. The minimum absolute atomic E-state index is 0.0391. The van der Waals surface area contributed by atoms with Crippen molar-refractivity contribution < 1.29 is 23.8 Å². The monoisotopic (exact) mass is 460 g/mol. The summed E-state index contributed by atoms with van der Waals surface area (Å²) in [4.78, 5) is 27.7. The molecule has 0 unspecified atom stereocenters. The molecule has 2 fully saturated rings. The molecule has 0 spiro atoms. The van der Waals surface area contributed by atoms with E-state index in [0.29, 0.717) is 30.0 Å². The van der Waals surface area contributed by atoms with Gasteiger partial charge < -0.3 is 19.6 Å². The number of unbranched alkanes of at least 4 members (excludes halogenated alkanes) is 3. The zero-order valence-corrected chi connectivity index (χ0v) is 20.3. The molecule has 33 heavy (non-hydrogen) atoms. The lowest BCUT2D eigenvalue weighted by Gasteiger charge is -2.24. The third-order valence-electron chi connectivity index (χ3n) is 6.70. The predicted octanol–water partition coefficient (Wildman–Crippen LogP) is 5.47. The summed E-state index contributed by atoms with van der Waals surface area (Å²) in [6, 6.07) is 0. The van der Waals surface area contributed by atoms with Gasteiger partial charge in [-0.3, -0.25) is 9.59 Å². The molecule has 2 aliphatic heterocycles. The number of carbonyl (C=O) groups excluding carboxylic acids is 1. The maximum Gasteiger partial charge on any atom is 0.303 e. The van der Waals surface area contributed by atoms with Crippen LogP contribution >= 0.6 is 0 Å². The normalized spacial score (nSPS) is 24.6. The Balaban J connectivity index is 1.45. The molecule has 3 rings (SSSR count). The number of hydrogen-bond donors (Lipinski definition) is 2. The van der Waals surface area contributed by atoms with Gasteiger partial charge in [0.05, 0.1) is 18.1 Å². The van der Waals surface area contributed by atoms with Gasteiger partial charge in [0.15, 0.2) is 5.69 Å². The highest BCUT2D eigenvalue weighted by molar-refractivity contribution is 5.91. The van der Waals surface area contributed by atoms with Crippen molar-refractivity contribution in [2.75, 3.05) is 6.54 Å². The van der Waals surface area contributed by atoms with Gasteiger partial charge in [0.1, 0.15) is 6.26 Å². The van der Waals surface area contributed by atoms with Gasteiger partial charge in [0.2, 0.25) is 5.89 Å². The minimum atomic E-state index is -0.785. The SMILES string of the molecule is CC(C)(C)CCCCCCNC(=O)c1coc([C@H]2[C@@H](CC=CCCC(=O)O)[C@@H]3CC[C@H]2O3)n1. The molecule has 1 aromatic rings. The number of allylic oxidation sites excluding steroid dienone is 2. The van der Waals surface area contributed by atoms with E-state index in [4.69, 9.17) is 14.3 Å². The quantitative estimate of drug-likeness (QED) is 0.299. The van der Waals surface area contributed by atoms with E-state index in [9.17, 15) is 9.59 Å². The lowest BCUT2D eigenvalue weighted by atomic mass is 9.77. The van der Waals surface area contributed by atoms with Crippen LogP contribution in [0.4, 0.5) is 0 Å². The largest absolute Gasteiger partial charge is 0.481 e. The van der Waals surface area contributed by atoms with E-state index in [-0.39, 0.29) is 36.4 Å². The van der Waals surface area contributed by atoms with Crippen LogP contribution in [-0.4, -0.2) is 40.7 Å². The Morgan fingerprint density at radius 3 is 2.67 bits per heavy atom. The fourth-order valence-electron chi connectivity index (χ4n) is 4.97. The molecule has 4 atom stereocenters. The van der Waals surface area contributed by atoms with Crippen LogP contribution in [-0.2, 0) is 9.53 Å². The smallest absolute Gasteiger partial charge is 0.303 e. The first-order valence-corrected chi connectivity index (χ1v) is 12.5.